The molecule has 108 valence electrons. The highest BCUT2D eigenvalue weighted by Crippen LogP contribution is 2.25. The van der Waals surface area contributed by atoms with Gasteiger partial charge in [0.25, 0.3) is 0 Å². The summed E-state index contributed by atoms with van der Waals surface area (Å²) in [4.78, 5) is 1.37. The van der Waals surface area contributed by atoms with Crippen molar-refractivity contribution < 1.29 is 0 Å². The van der Waals surface area contributed by atoms with Gasteiger partial charge in [0.05, 0.1) is 4.34 Å². The van der Waals surface area contributed by atoms with Gasteiger partial charge in [-0.05, 0) is 61.7 Å². The van der Waals surface area contributed by atoms with E-state index in [4.69, 9.17) is 11.6 Å². The summed E-state index contributed by atoms with van der Waals surface area (Å²) >= 11 is 11.2. The second kappa shape index (κ2) is 8.18. The Morgan fingerprint density at radius 2 is 1.90 bits per heavy atom. The Bertz CT molecular complexity index is 524. The van der Waals surface area contributed by atoms with Crippen LogP contribution in [0.25, 0.3) is 0 Å². The van der Waals surface area contributed by atoms with Crippen molar-refractivity contribution in [3.8, 4) is 0 Å². The van der Waals surface area contributed by atoms with Crippen LogP contribution in [0.1, 0.15) is 17.4 Å². The largest absolute Gasteiger partial charge is 0.317 e. The second-order valence-corrected chi connectivity index (χ2v) is 7.63. The molecule has 0 aliphatic heterocycles. The quantitative estimate of drug-likeness (QED) is 0.706. The normalized spacial score (nSPS) is 12.6. The van der Waals surface area contributed by atoms with E-state index < -0.39 is 0 Å². The van der Waals surface area contributed by atoms with Crippen LogP contribution in [0.15, 0.2) is 40.9 Å². The van der Waals surface area contributed by atoms with Gasteiger partial charge in [0.2, 0.25) is 0 Å². The molecule has 0 radical (unpaired) electrons. The number of nitrogens with one attached hydrogen (secondary N) is 1. The van der Waals surface area contributed by atoms with Crippen LogP contribution in [-0.2, 0) is 12.8 Å². The summed E-state index contributed by atoms with van der Waals surface area (Å²) in [6.07, 6.45) is 2.18. The summed E-state index contributed by atoms with van der Waals surface area (Å²) in [6.45, 7) is 4.21. The lowest BCUT2D eigenvalue weighted by molar-refractivity contribution is 0.481. The predicted octanol–water partition coefficient (Wildman–Crippen LogP) is 5.17. The van der Waals surface area contributed by atoms with Crippen LogP contribution in [0.2, 0.25) is 4.34 Å². The zero-order valence-electron chi connectivity index (χ0n) is 11.5. The van der Waals surface area contributed by atoms with Gasteiger partial charge in [-0.3, -0.25) is 0 Å². The van der Waals surface area contributed by atoms with Crippen LogP contribution in [0.4, 0.5) is 0 Å². The summed E-state index contributed by atoms with van der Waals surface area (Å²) in [5.41, 5.74) is 1.39. The highest BCUT2D eigenvalue weighted by Gasteiger charge is 2.12. The average Bonchev–Trinajstić information content (AvgIpc) is 2.84. The monoisotopic (exact) mass is 371 g/mol. The lowest BCUT2D eigenvalue weighted by atomic mass is 9.95. The van der Waals surface area contributed by atoms with Gasteiger partial charge < -0.3 is 5.32 Å². The van der Waals surface area contributed by atoms with Crippen LogP contribution < -0.4 is 5.32 Å². The van der Waals surface area contributed by atoms with Crippen molar-refractivity contribution in [1.82, 2.24) is 5.32 Å². The minimum absolute atomic E-state index is 0.603. The molecule has 2 rings (SSSR count). The van der Waals surface area contributed by atoms with Gasteiger partial charge in [0.15, 0.2) is 0 Å². The summed E-state index contributed by atoms with van der Waals surface area (Å²) in [7, 11) is 0. The molecule has 0 amide bonds. The van der Waals surface area contributed by atoms with Crippen molar-refractivity contribution in [2.45, 2.75) is 19.8 Å². The zero-order chi connectivity index (χ0) is 14.4. The van der Waals surface area contributed by atoms with Crippen molar-refractivity contribution in [3.05, 3.63) is 55.6 Å². The Hall–Kier alpha value is -0.350. The van der Waals surface area contributed by atoms with Gasteiger partial charge in [-0.15, -0.1) is 11.3 Å². The maximum atomic E-state index is 6.02. The third-order valence-corrected chi connectivity index (χ3v) is 5.02. The van der Waals surface area contributed by atoms with Crippen LogP contribution in [0.5, 0.6) is 0 Å². The highest BCUT2D eigenvalue weighted by molar-refractivity contribution is 9.10. The van der Waals surface area contributed by atoms with E-state index in [0.29, 0.717) is 5.92 Å². The molecule has 20 heavy (non-hydrogen) atoms. The molecule has 2 aromatic rings. The fourth-order valence-corrected chi connectivity index (χ4v) is 3.73. The number of benzene rings is 1. The van der Waals surface area contributed by atoms with Crippen molar-refractivity contribution in [3.63, 3.8) is 0 Å². The van der Waals surface area contributed by atoms with Crippen LogP contribution in [0.3, 0.4) is 0 Å². The molecule has 1 atom stereocenters. The predicted molar refractivity (Wildman–Crippen MR) is 92.9 cm³/mol. The first-order valence-corrected chi connectivity index (χ1v) is 8.85. The number of halogens is 2. The molecule has 1 aromatic carbocycles. The Balaban J connectivity index is 2.00. The van der Waals surface area contributed by atoms with E-state index >= 15 is 0 Å². The molecule has 0 bridgehead atoms. The van der Waals surface area contributed by atoms with Gasteiger partial charge in [-0.1, -0.05) is 46.6 Å². The van der Waals surface area contributed by atoms with Crippen molar-refractivity contribution in [2.75, 3.05) is 13.1 Å². The van der Waals surface area contributed by atoms with E-state index in [0.717, 1.165) is 34.7 Å². The standard InChI is InChI=1S/C16H19BrClNS/c1-2-19-11-13(10-15-7-8-16(18)20-15)9-12-3-5-14(17)6-4-12/h3-8,13,19H,2,9-11H2,1H3. The smallest absolute Gasteiger partial charge is 0.0931 e. The fourth-order valence-electron chi connectivity index (χ4n) is 2.26. The number of hydrogen-bond acceptors (Lipinski definition) is 2. The van der Waals surface area contributed by atoms with Crippen LogP contribution >= 0.6 is 38.9 Å². The summed E-state index contributed by atoms with van der Waals surface area (Å²) in [5.74, 6) is 0.603. The van der Waals surface area contributed by atoms with Crippen LogP contribution in [0, 0.1) is 5.92 Å². The van der Waals surface area contributed by atoms with Crippen LogP contribution in [-0.4, -0.2) is 13.1 Å². The van der Waals surface area contributed by atoms with E-state index in [2.05, 4.69) is 58.5 Å². The topological polar surface area (TPSA) is 12.0 Å². The molecule has 4 heteroatoms. The summed E-state index contributed by atoms with van der Waals surface area (Å²) in [6, 6.07) is 12.8. The van der Waals surface area contributed by atoms with E-state index in [9.17, 15) is 0 Å². The number of thiophene rings is 1. The first-order valence-electron chi connectivity index (χ1n) is 6.86. The van der Waals surface area contributed by atoms with E-state index in [-0.39, 0.29) is 0 Å². The van der Waals surface area contributed by atoms with Gasteiger partial charge in [0.1, 0.15) is 0 Å². The maximum absolute atomic E-state index is 6.02. The van der Waals surface area contributed by atoms with E-state index in [1.54, 1.807) is 11.3 Å². The Labute approximate surface area is 138 Å². The van der Waals surface area contributed by atoms with Gasteiger partial charge in [0, 0.05) is 9.35 Å². The molecule has 0 saturated carbocycles. The zero-order valence-corrected chi connectivity index (χ0v) is 14.7. The molecule has 0 aliphatic carbocycles. The number of rotatable bonds is 7. The van der Waals surface area contributed by atoms with Gasteiger partial charge in [-0.25, -0.2) is 0 Å². The maximum Gasteiger partial charge on any atom is 0.0931 e. The third-order valence-electron chi connectivity index (χ3n) is 3.24. The molecular weight excluding hydrogens is 354 g/mol. The Morgan fingerprint density at radius 3 is 2.50 bits per heavy atom. The van der Waals surface area contributed by atoms with Gasteiger partial charge in [-0.2, -0.15) is 0 Å². The van der Waals surface area contributed by atoms with Crippen molar-refractivity contribution >= 4 is 38.9 Å². The molecule has 0 spiro atoms. The molecule has 0 saturated heterocycles. The molecule has 1 heterocycles. The molecule has 1 aromatic heterocycles. The molecule has 1 N–H and O–H groups in total. The minimum Gasteiger partial charge on any atom is -0.317 e. The van der Waals surface area contributed by atoms with Crippen molar-refractivity contribution in [2.24, 2.45) is 5.92 Å². The fraction of sp³-hybridized carbons (Fsp3) is 0.375. The Kier molecular flexibility index (Phi) is 6.56. The Morgan fingerprint density at radius 1 is 1.15 bits per heavy atom. The molecular formula is C16H19BrClNS. The average molecular weight is 373 g/mol. The first kappa shape index (κ1) is 16.0. The molecule has 0 aliphatic rings. The molecule has 1 nitrogen and oxygen atoms in total. The highest BCUT2D eigenvalue weighted by atomic mass is 79.9. The SMILES string of the molecule is CCNCC(Cc1ccc(Br)cc1)Cc1ccc(Cl)s1. The van der Waals surface area contributed by atoms with Gasteiger partial charge >= 0.3 is 0 Å². The van der Waals surface area contributed by atoms with E-state index in [1.807, 2.05) is 6.07 Å². The number of hydrogen-bond donors (Lipinski definition) is 1. The lowest BCUT2D eigenvalue weighted by Crippen LogP contribution is -2.25. The molecule has 1 unspecified atom stereocenters. The lowest BCUT2D eigenvalue weighted by Gasteiger charge is -2.17. The van der Waals surface area contributed by atoms with E-state index in [1.165, 1.54) is 10.4 Å². The summed E-state index contributed by atoms with van der Waals surface area (Å²) in [5, 5.41) is 3.47. The second-order valence-electron chi connectivity index (χ2n) is 4.91. The van der Waals surface area contributed by atoms with Crippen molar-refractivity contribution in [1.29, 1.82) is 0 Å². The summed E-state index contributed by atoms with van der Waals surface area (Å²) < 4.78 is 2.01. The third kappa shape index (κ3) is 5.21. The molecule has 0 fully saturated rings. The minimum atomic E-state index is 0.603. The first-order chi connectivity index (χ1) is 9.67.